The summed E-state index contributed by atoms with van der Waals surface area (Å²) in [4.78, 5) is 0.225. The van der Waals surface area contributed by atoms with Gasteiger partial charge in [-0.25, -0.2) is 0 Å². The molecule has 0 saturated carbocycles. The molecule has 0 aliphatic carbocycles. The lowest BCUT2D eigenvalue weighted by Gasteiger charge is -2.09. The Labute approximate surface area is 146 Å². The first kappa shape index (κ1) is 17.0. The summed E-state index contributed by atoms with van der Waals surface area (Å²) in [6.07, 6.45) is 1.53. The van der Waals surface area contributed by atoms with Crippen LogP contribution in [-0.2, 0) is 10.0 Å². The zero-order valence-corrected chi connectivity index (χ0v) is 14.9. The molecule has 4 aromatic rings. The summed E-state index contributed by atoms with van der Waals surface area (Å²) < 4.78 is 27.2. The monoisotopic (exact) mass is 353 g/mol. The van der Waals surface area contributed by atoms with Crippen LogP contribution in [0, 0.1) is 0 Å². The molecule has 4 rings (SSSR count). The molecule has 1 aromatic heterocycles. The van der Waals surface area contributed by atoms with E-state index in [1.54, 1.807) is 36.4 Å². The highest BCUT2D eigenvalue weighted by atomic mass is 32.2. The molecule has 0 amide bonds. The lowest BCUT2D eigenvalue weighted by molar-refractivity contribution is 0.583. The van der Waals surface area contributed by atoms with Crippen molar-refractivity contribution >= 4 is 37.4 Å². The van der Waals surface area contributed by atoms with Crippen LogP contribution in [0.1, 0.15) is 13.8 Å². The quantitative estimate of drug-likeness (QED) is 0.552. The predicted octanol–water partition coefficient (Wildman–Crippen LogP) is 4.03. The van der Waals surface area contributed by atoms with E-state index in [2.05, 4.69) is 5.10 Å². The molecule has 0 aliphatic heterocycles. The predicted molar refractivity (Wildman–Crippen MR) is 102 cm³/mol. The van der Waals surface area contributed by atoms with E-state index >= 15 is 0 Å². The molecule has 6 heteroatoms. The van der Waals surface area contributed by atoms with Crippen molar-refractivity contribution in [2.45, 2.75) is 18.7 Å². The minimum absolute atomic E-state index is 0.225. The number of hydrogen-bond donors (Lipinski definition) is 1. The number of aromatic nitrogens is 2. The van der Waals surface area contributed by atoms with Gasteiger partial charge in [0, 0.05) is 16.5 Å². The summed E-state index contributed by atoms with van der Waals surface area (Å²) in [5.41, 5.74) is 6.75. The zero-order valence-electron chi connectivity index (χ0n) is 14.0. The van der Waals surface area contributed by atoms with Gasteiger partial charge in [-0.05, 0) is 29.7 Å². The fraction of sp³-hybridized carbons (Fsp3) is 0.105. The largest absolute Gasteiger partial charge is 0.399 e. The number of nitrogen functional groups attached to an aromatic ring is 1. The first-order chi connectivity index (χ1) is 12.1. The molecule has 0 bridgehead atoms. The van der Waals surface area contributed by atoms with Gasteiger partial charge in [0.05, 0.1) is 16.6 Å². The highest BCUT2D eigenvalue weighted by Gasteiger charge is 2.22. The van der Waals surface area contributed by atoms with Gasteiger partial charge in [-0.1, -0.05) is 50.2 Å². The Kier molecular flexibility index (Phi) is 4.46. The summed E-state index contributed by atoms with van der Waals surface area (Å²) in [5.74, 6) is 0. The van der Waals surface area contributed by atoms with E-state index in [0.29, 0.717) is 16.6 Å². The fourth-order valence-electron chi connectivity index (χ4n) is 2.72. The van der Waals surface area contributed by atoms with Gasteiger partial charge in [-0.2, -0.15) is 17.6 Å². The Morgan fingerprint density at radius 3 is 2.44 bits per heavy atom. The molecule has 25 heavy (non-hydrogen) atoms. The van der Waals surface area contributed by atoms with E-state index in [1.165, 1.54) is 6.20 Å². The van der Waals surface area contributed by atoms with Crippen molar-refractivity contribution in [2.24, 2.45) is 0 Å². The Morgan fingerprint density at radius 1 is 0.920 bits per heavy atom. The molecule has 0 radical (unpaired) electrons. The lowest BCUT2D eigenvalue weighted by Crippen LogP contribution is -2.14. The SMILES string of the molecule is CC.Nc1ccc2cnn(S(=O)(=O)c3cccc4ccccc34)c2c1. The zero-order chi connectivity index (χ0) is 18.0. The lowest BCUT2D eigenvalue weighted by atomic mass is 10.1. The van der Waals surface area contributed by atoms with Crippen LogP contribution in [0.5, 0.6) is 0 Å². The van der Waals surface area contributed by atoms with E-state index in [0.717, 1.165) is 14.9 Å². The topological polar surface area (TPSA) is 78.0 Å². The van der Waals surface area contributed by atoms with Crippen molar-refractivity contribution in [2.75, 3.05) is 5.73 Å². The molecular formula is C19H19N3O2S. The normalized spacial score (nSPS) is 11.3. The standard InChI is InChI=1S/C17H13N3O2S.C2H6/c18-14-9-8-13-11-19-20(16(13)10-14)23(21,22)17-7-3-5-12-4-1-2-6-15(12)17;1-2/h1-11H,18H2;1-2H3. The number of hydrogen-bond acceptors (Lipinski definition) is 4. The van der Waals surface area contributed by atoms with Gasteiger partial charge < -0.3 is 5.73 Å². The molecule has 0 aliphatic rings. The summed E-state index contributed by atoms with van der Waals surface area (Å²) in [6.45, 7) is 4.00. The molecule has 128 valence electrons. The second-order valence-electron chi connectivity index (χ2n) is 5.29. The second-order valence-corrected chi connectivity index (χ2v) is 7.02. The third-order valence-electron chi connectivity index (χ3n) is 3.82. The van der Waals surface area contributed by atoms with Crippen LogP contribution in [0.3, 0.4) is 0 Å². The third-order valence-corrected chi connectivity index (χ3v) is 5.48. The minimum Gasteiger partial charge on any atom is -0.399 e. The van der Waals surface area contributed by atoms with Crippen LogP contribution in [0.25, 0.3) is 21.7 Å². The maximum absolute atomic E-state index is 13.1. The Bertz CT molecular complexity index is 1140. The maximum atomic E-state index is 13.1. The van der Waals surface area contributed by atoms with Gasteiger partial charge in [0.15, 0.2) is 0 Å². The van der Waals surface area contributed by atoms with Crippen LogP contribution in [0.4, 0.5) is 5.69 Å². The molecule has 2 N–H and O–H groups in total. The van der Waals surface area contributed by atoms with Crippen LogP contribution < -0.4 is 5.73 Å². The van der Waals surface area contributed by atoms with Crippen molar-refractivity contribution < 1.29 is 8.42 Å². The maximum Gasteiger partial charge on any atom is 0.284 e. The van der Waals surface area contributed by atoms with Crippen molar-refractivity contribution in [1.29, 1.82) is 0 Å². The molecule has 1 heterocycles. The van der Waals surface area contributed by atoms with E-state index < -0.39 is 10.0 Å². The Hall–Kier alpha value is -2.86. The van der Waals surface area contributed by atoms with E-state index in [4.69, 9.17) is 5.73 Å². The summed E-state index contributed by atoms with van der Waals surface area (Å²) in [7, 11) is -3.82. The molecule has 0 atom stereocenters. The molecule has 0 saturated heterocycles. The van der Waals surface area contributed by atoms with Crippen molar-refractivity contribution in [1.82, 2.24) is 9.19 Å². The summed E-state index contributed by atoms with van der Waals surface area (Å²) in [5, 5.41) is 6.32. The molecule has 0 unspecified atom stereocenters. The third kappa shape index (κ3) is 2.85. The van der Waals surface area contributed by atoms with E-state index in [-0.39, 0.29) is 4.90 Å². The van der Waals surface area contributed by atoms with Gasteiger partial charge in [0.1, 0.15) is 0 Å². The second kappa shape index (κ2) is 6.57. The van der Waals surface area contributed by atoms with Crippen LogP contribution in [-0.4, -0.2) is 17.6 Å². The fourth-order valence-corrected chi connectivity index (χ4v) is 4.21. The van der Waals surface area contributed by atoms with Crippen LogP contribution in [0.2, 0.25) is 0 Å². The molecule has 3 aromatic carbocycles. The molecule has 5 nitrogen and oxygen atoms in total. The number of nitrogens with two attached hydrogens (primary N) is 1. The van der Waals surface area contributed by atoms with Crippen LogP contribution >= 0.6 is 0 Å². The Balaban J connectivity index is 0.000000880. The van der Waals surface area contributed by atoms with Gasteiger partial charge in [-0.3, -0.25) is 0 Å². The number of benzene rings is 3. The number of rotatable bonds is 2. The Morgan fingerprint density at radius 2 is 1.64 bits per heavy atom. The van der Waals surface area contributed by atoms with E-state index in [1.807, 2.05) is 38.1 Å². The highest BCUT2D eigenvalue weighted by Crippen LogP contribution is 2.27. The van der Waals surface area contributed by atoms with Crippen molar-refractivity contribution in [3.8, 4) is 0 Å². The molecule has 0 fully saturated rings. The number of anilines is 1. The molecule has 0 spiro atoms. The van der Waals surface area contributed by atoms with Gasteiger partial charge >= 0.3 is 0 Å². The van der Waals surface area contributed by atoms with Crippen molar-refractivity contribution in [3.05, 3.63) is 66.9 Å². The van der Waals surface area contributed by atoms with Crippen LogP contribution in [0.15, 0.2) is 71.8 Å². The van der Waals surface area contributed by atoms with E-state index in [9.17, 15) is 8.42 Å². The average molecular weight is 353 g/mol. The smallest absolute Gasteiger partial charge is 0.284 e. The van der Waals surface area contributed by atoms with Gasteiger partial charge in [0.2, 0.25) is 0 Å². The first-order valence-corrected chi connectivity index (χ1v) is 9.48. The molecular weight excluding hydrogens is 334 g/mol. The minimum atomic E-state index is -3.82. The highest BCUT2D eigenvalue weighted by molar-refractivity contribution is 7.90. The number of fused-ring (bicyclic) bond motifs is 2. The summed E-state index contributed by atoms with van der Waals surface area (Å²) >= 11 is 0. The van der Waals surface area contributed by atoms with Gasteiger partial charge in [0.25, 0.3) is 10.0 Å². The number of nitrogens with zero attached hydrogens (tertiary/aromatic N) is 2. The first-order valence-electron chi connectivity index (χ1n) is 8.04. The van der Waals surface area contributed by atoms with Crippen molar-refractivity contribution in [3.63, 3.8) is 0 Å². The average Bonchev–Trinajstić information content (AvgIpc) is 3.06. The summed E-state index contributed by atoms with van der Waals surface area (Å²) in [6, 6.07) is 17.7. The van der Waals surface area contributed by atoms with Gasteiger partial charge in [-0.15, -0.1) is 0 Å².